The summed E-state index contributed by atoms with van der Waals surface area (Å²) in [6.45, 7) is 8.74. The van der Waals surface area contributed by atoms with E-state index in [1.807, 2.05) is 0 Å². The van der Waals surface area contributed by atoms with Gasteiger partial charge in [0, 0.05) is 25.3 Å². The molecule has 1 fully saturated rings. The van der Waals surface area contributed by atoms with Crippen LogP contribution in [0, 0.1) is 11.3 Å². The Labute approximate surface area is 111 Å². The summed E-state index contributed by atoms with van der Waals surface area (Å²) in [5.41, 5.74) is 0.275. The second-order valence-corrected chi connectivity index (χ2v) is 6.95. The zero-order chi connectivity index (χ0) is 13.8. The van der Waals surface area contributed by atoms with Crippen molar-refractivity contribution in [2.24, 2.45) is 11.3 Å². The fraction of sp³-hybridized carbons (Fsp3) is 0.867. The van der Waals surface area contributed by atoms with Crippen molar-refractivity contribution in [1.29, 1.82) is 0 Å². The molecule has 0 heterocycles. The molecule has 0 aromatic heterocycles. The minimum atomic E-state index is 0.145. The third-order valence-electron chi connectivity index (χ3n) is 3.40. The molecule has 1 aliphatic rings. The van der Waals surface area contributed by atoms with Crippen LogP contribution in [0.5, 0.6) is 0 Å². The molecule has 0 bridgehead atoms. The highest BCUT2D eigenvalue weighted by molar-refractivity contribution is 5.80. The first-order chi connectivity index (χ1) is 8.26. The molecule has 1 amide bonds. The molecule has 0 saturated heterocycles. The van der Waals surface area contributed by atoms with E-state index >= 15 is 0 Å². The number of Topliss-reactive ketones (excluding diaryl/α,β-unsaturated/α-hetero) is 1. The molecule has 0 radical (unpaired) electrons. The Kier molecular flexibility index (Phi) is 5.36. The minimum Gasteiger partial charge on any atom is -0.353 e. The van der Waals surface area contributed by atoms with E-state index in [2.05, 4.69) is 33.0 Å². The van der Waals surface area contributed by atoms with Gasteiger partial charge < -0.3 is 5.32 Å². The quantitative estimate of drug-likeness (QED) is 0.837. The van der Waals surface area contributed by atoms with Crippen molar-refractivity contribution >= 4 is 11.7 Å². The summed E-state index contributed by atoms with van der Waals surface area (Å²) < 4.78 is 0. The first-order valence-corrected chi connectivity index (χ1v) is 7.07. The third-order valence-corrected chi connectivity index (χ3v) is 3.40. The number of ketones is 1. The third kappa shape index (κ3) is 6.18. The largest absolute Gasteiger partial charge is 0.353 e. The second kappa shape index (κ2) is 6.35. The maximum atomic E-state index is 11.9. The highest BCUT2D eigenvalue weighted by Crippen LogP contribution is 2.26. The molecule has 3 heteroatoms. The fourth-order valence-electron chi connectivity index (χ4n) is 2.80. The van der Waals surface area contributed by atoms with Gasteiger partial charge in [0.25, 0.3) is 0 Å². The highest BCUT2D eigenvalue weighted by Gasteiger charge is 2.22. The van der Waals surface area contributed by atoms with Gasteiger partial charge in [0.05, 0.1) is 0 Å². The first-order valence-electron chi connectivity index (χ1n) is 7.07. The summed E-state index contributed by atoms with van der Waals surface area (Å²) in [7, 11) is 0. The van der Waals surface area contributed by atoms with Crippen molar-refractivity contribution < 1.29 is 9.59 Å². The predicted octanol–water partition coefficient (Wildman–Crippen LogP) is 3.08. The number of hydrogen-bond donors (Lipinski definition) is 1. The van der Waals surface area contributed by atoms with Crippen LogP contribution >= 0.6 is 0 Å². The molecule has 1 atom stereocenters. The lowest BCUT2D eigenvalue weighted by Gasteiger charge is -2.25. The van der Waals surface area contributed by atoms with Crippen molar-refractivity contribution in [2.45, 2.75) is 72.3 Å². The van der Waals surface area contributed by atoms with E-state index in [9.17, 15) is 9.59 Å². The number of rotatable bonds is 4. The number of carbonyl (C=O) groups excluding carboxylic acids is 2. The Morgan fingerprint density at radius 1 is 1.33 bits per heavy atom. The zero-order valence-corrected chi connectivity index (χ0v) is 12.2. The molecule has 0 aromatic carbocycles. The molecular weight excluding hydrogens is 226 g/mol. The minimum absolute atomic E-state index is 0.145. The standard InChI is InChI=1S/C15H27NO2/c1-11(10-15(2,3)4)9-14(18)16-12-5-7-13(17)8-6-12/h11-12H,5-10H2,1-4H3,(H,16,18). The van der Waals surface area contributed by atoms with E-state index in [4.69, 9.17) is 0 Å². The van der Waals surface area contributed by atoms with Crippen molar-refractivity contribution in [2.75, 3.05) is 0 Å². The van der Waals surface area contributed by atoms with Gasteiger partial charge in [0.15, 0.2) is 0 Å². The molecule has 3 nitrogen and oxygen atoms in total. The maximum absolute atomic E-state index is 11.9. The van der Waals surface area contributed by atoms with Crippen molar-refractivity contribution in [3.8, 4) is 0 Å². The fourth-order valence-corrected chi connectivity index (χ4v) is 2.80. The number of hydrogen-bond acceptors (Lipinski definition) is 2. The normalized spacial score (nSPS) is 19.7. The monoisotopic (exact) mass is 253 g/mol. The van der Waals surface area contributed by atoms with Gasteiger partial charge in [0.2, 0.25) is 5.91 Å². The Hall–Kier alpha value is -0.860. The van der Waals surface area contributed by atoms with Crippen LogP contribution in [0.25, 0.3) is 0 Å². The Morgan fingerprint density at radius 2 is 1.89 bits per heavy atom. The number of amides is 1. The predicted molar refractivity (Wildman–Crippen MR) is 73.3 cm³/mol. The van der Waals surface area contributed by atoms with E-state index in [-0.39, 0.29) is 17.4 Å². The summed E-state index contributed by atoms with van der Waals surface area (Å²) in [6, 6.07) is 0.219. The van der Waals surface area contributed by atoms with Crippen molar-refractivity contribution in [3.63, 3.8) is 0 Å². The van der Waals surface area contributed by atoms with E-state index in [0.717, 1.165) is 19.3 Å². The average molecular weight is 253 g/mol. The van der Waals surface area contributed by atoms with E-state index < -0.39 is 0 Å². The molecule has 0 aromatic rings. The van der Waals surface area contributed by atoms with Gasteiger partial charge in [-0.2, -0.15) is 0 Å². The first kappa shape index (κ1) is 15.2. The average Bonchev–Trinajstić information content (AvgIpc) is 2.18. The van der Waals surface area contributed by atoms with Crippen LogP contribution in [0.2, 0.25) is 0 Å². The topological polar surface area (TPSA) is 46.2 Å². The van der Waals surface area contributed by atoms with Crippen LogP contribution < -0.4 is 5.32 Å². The van der Waals surface area contributed by atoms with Crippen LogP contribution in [0.15, 0.2) is 0 Å². The van der Waals surface area contributed by atoms with Gasteiger partial charge in [-0.25, -0.2) is 0 Å². The smallest absolute Gasteiger partial charge is 0.220 e. The lowest BCUT2D eigenvalue weighted by Crippen LogP contribution is -2.38. The molecule has 1 N–H and O–H groups in total. The molecular formula is C15H27NO2. The Morgan fingerprint density at radius 3 is 2.39 bits per heavy atom. The van der Waals surface area contributed by atoms with Crippen LogP contribution in [-0.4, -0.2) is 17.7 Å². The van der Waals surface area contributed by atoms with E-state index in [0.29, 0.717) is 31.0 Å². The van der Waals surface area contributed by atoms with Gasteiger partial charge in [-0.3, -0.25) is 9.59 Å². The lowest BCUT2D eigenvalue weighted by atomic mass is 9.84. The summed E-state index contributed by atoms with van der Waals surface area (Å²) in [4.78, 5) is 23.0. The summed E-state index contributed by atoms with van der Waals surface area (Å²) >= 11 is 0. The molecule has 0 aliphatic heterocycles. The highest BCUT2D eigenvalue weighted by atomic mass is 16.1. The summed E-state index contributed by atoms with van der Waals surface area (Å²) in [5.74, 6) is 0.892. The van der Waals surface area contributed by atoms with Gasteiger partial charge in [-0.1, -0.05) is 27.7 Å². The van der Waals surface area contributed by atoms with E-state index in [1.54, 1.807) is 0 Å². The second-order valence-electron chi connectivity index (χ2n) is 6.95. The van der Waals surface area contributed by atoms with Gasteiger partial charge >= 0.3 is 0 Å². The summed E-state index contributed by atoms with van der Waals surface area (Å²) in [6.07, 6.45) is 4.55. The van der Waals surface area contributed by atoms with Crippen LogP contribution in [0.4, 0.5) is 0 Å². The van der Waals surface area contributed by atoms with Gasteiger partial charge in [-0.05, 0) is 30.6 Å². The van der Waals surface area contributed by atoms with Gasteiger partial charge in [0.1, 0.15) is 5.78 Å². The number of carbonyl (C=O) groups is 2. The Bertz CT molecular complexity index is 294. The number of nitrogens with one attached hydrogen (secondary N) is 1. The SMILES string of the molecule is CC(CC(=O)NC1CCC(=O)CC1)CC(C)(C)C. The Balaban J connectivity index is 2.27. The molecule has 0 spiro atoms. The summed E-state index contributed by atoms with van der Waals surface area (Å²) in [5, 5.41) is 3.06. The van der Waals surface area contributed by atoms with Crippen LogP contribution in [0.1, 0.15) is 66.2 Å². The van der Waals surface area contributed by atoms with Crippen molar-refractivity contribution in [1.82, 2.24) is 5.32 Å². The molecule has 1 rings (SSSR count). The van der Waals surface area contributed by atoms with Crippen LogP contribution in [0.3, 0.4) is 0 Å². The molecule has 18 heavy (non-hydrogen) atoms. The molecule has 1 aliphatic carbocycles. The van der Waals surface area contributed by atoms with Crippen molar-refractivity contribution in [3.05, 3.63) is 0 Å². The van der Waals surface area contributed by atoms with E-state index in [1.165, 1.54) is 0 Å². The zero-order valence-electron chi connectivity index (χ0n) is 12.2. The lowest BCUT2D eigenvalue weighted by molar-refractivity contribution is -0.125. The molecule has 104 valence electrons. The van der Waals surface area contributed by atoms with Crippen LogP contribution in [-0.2, 0) is 9.59 Å². The molecule has 1 unspecified atom stereocenters. The maximum Gasteiger partial charge on any atom is 0.220 e. The van der Waals surface area contributed by atoms with Gasteiger partial charge in [-0.15, -0.1) is 0 Å². The molecule has 1 saturated carbocycles.